The second kappa shape index (κ2) is 9.43. The summed E-state index contributed by atoms with van der Waals surface area (Å²) in [5.74, 6) is 1.32. The molecule has 0 saturated carbocycles. The summed E-state index contributed by atoms with van der Waals surface area (Å²) >= 11 is 1.71. The number of benzene rings is 1. The van der Waals surface area contributed by atoms with Crippen LogP contribution in [0.1, 0.15) is 37.6 Å². The Hall–Kier alpha value is -1.99. The molecule has 1 N–H and O–H groups in total. The smallest absolute Gasteiger partial charge is 0.222 e. The van der Waals surface area contributed by atoms with Crippen LogP contribution in [0.25, 0.3) is 10.2 Å². The molecule has 2 aliphatic rings. The van der Waals surface area contributed by atoms with Crippen molar-refractivity contribution < 1.29 is 14.7 Å². The minimum Gasteiger partial charge on any atom is -0.396 e. The molecule has 2 aromatic rings. The molecule has 0 bridgehead atoms. The van der Waals surface area contributed by atoms with Crippen molar-refractivity contribution in [2.24, 2.45) is 17.8 Å². The Balaban J connectivity index is 1.27. The Labute approximate surface area is 181 Å². The van der Waals surface area contributed by atoms with E-state index in [9.17, 15) is 14.7 Å². The third-order valence-electron chi connectivity index (χ3n) is 6.79. The third kappa shape index (κ3) is 4.67. The first-order chi connectivity index (χ1) is 14.5. The van der Waals surface area contributed by atoms with Crippen LogP contribution in [0.15, 0.2) is 24.3 Å². The van der Waals surface area contributed by atoms with Crippen LogP contribution in [0.2, 0.25) is 0 Å². The number of aliphatic hydroxyl groups is 1. The number of nitrogens with zero attached hydrogens (tertiary/aromatic N) is 3. The van der Waals surface area contributed by atoms with E-state index >= 15 is 0 Å². The zero-order valence-corrected chi connectivity index (χ0v) is 18.4. The van der Waals surface area contributed by atoms with E-state index in [0.29, 0.717) is 24.8 Å². The average Bonchev–Trinajstić information content (AvgIpc) is 3.37. The fourth-order valence-electron chi connectivity index (χ4n) is 5.05. The molecule has 0 aliphatic carbocycles. The Bertz CT molecular complexity index is 858. The molecule has 3 heterocycles. The normalized spacial score (nSPS) is 22.7. The zero-order chi connectivity index (χ0) is 21.1. The molecular formula is C23H31N3O3S. The molecule has 4 rings (SSSR count). The summed E-state index contributed by atoms with van der Waals surface area (Å²) in [7, 11) is 0. The SMILES string of the molecule is CC(=O)N1CCC([C@@H]2CN(C(=O)CCCc3nc4ccccc4s3)C[C@H]2CO)CC1. The van der Waals surface area contributed by atoms with Gasteiger partial charge in [-0.3, -0.25) is 9.59 Å². The number of aliphatic hydroxyl groups excluding tert-OH is 1. The van der Waals surface area contributed by atoms with Gasteiger partial charge in [0, 0.05) is 52.0 Å². The molecule has 2 amide bonds. The lowest BCUT2D eigenvalue weighted by atomic mass is 9.79. The summed E-state index contributed by atoms with van der Waals surface area (Å²) in [6.45, 7) is 4.76. The van der Waals surface area contributed by atoms with E-state index in [-0.39, 0.29) is 24.3 Å². The lowest BCUT2D eigenvalue weighted by Gasteiger charge is -2.35. The van der Waals surface area contributed by atoms with Gasteiger partial charge in [0.05, 0.1) is 15.2 Å². The molecule has 1 aromatic carbocycles. The van der Waals surface area contributed by atoms with Crippen molar-refractivity contribution in [1.82, 2.24) is 14.8 Å². The average molecular weight is 430 g/mol. The highest BCUT2D eigenvalue weighted by molar-refractivity contribution is 7.18. The molecule has 2 atom stereocenters. The van der Waals surface area contributed by atoms with Gasteiger partial charge in [0.25, 0.3) is 0 Å². The van der Waals surface area contributed by atoms with Crippen LogP contribution in [0.3, 0.4) is 0 Å². The lowest BCUT2D eigenvalue weighted by molar-refractivity contribution is -0.130. The molecule has 30 heavy (non-hydrogen) atoms. The fraction of sp³-hybridized carbons (Fsp3) is 0.609. The Morgan fingerprint density at radius 2 is 1.93 bits per heavy atom. The second-order valence-corrected chi connectivity index (χ2v) is 9.79. The summed E-state index contributed by atoms with van der Waals surface area (Å²) in [5.41, 5.74) is 1.04. The number of hydrogen-bond donors (Lipinski definition) is 1. The number of piperidine rings is 1. The number of amides is 2. The summed E-state index contributed by atoms with van der Waals surface area (Å²) < 4.78 is 1.20. The first kappa shape index (κ1) is 21.2. The van der Waals surface area contributed by atoms with E-state index in [0.717, 1.165) is 55.8 Å². The lowest BCUT2D eigenvalue weighted by Crippen LogP contribution is -2.40. The van der Waals surface area contributed by atoms with Crippen molar-refractivity contribution in [3.05, 3.63) is 29.3 Å². The Morgan fingerprint density at radius 1 is 1.17 bits per heavy atom. The highest BCUT2D eigenvalue weighted by atomic mass is 32.1. The van der Waals surface area contributed by atoms with Crippen molar-refractivity contribution >= 4 is 33.4 Å². The van der Waals surface area contributed by atoms with Crippen LogP contribution in [0.4, 0.5) is 0 Å². The summed E-state index contributed by atoms with van der Waals surface area (Å²) in [6, 6.07) is 8.14. The second-order valence-electron chi connectivity index (χ2n) is 8.68. The van der Waals surface area contributed by atoms with Gasteiger partial charge in [-0.05, 0) is 49.7 Å². The number of carbonyl (C=O) groups is 2. The van der Waals surface area contributed by atoms with Crippen LogP contribution in [-0.2, 0) is 16.0 Å². The van der Waals surface area contributed by atoms with E-state index in [1.54, 1.807) is 18.3 Å². The highest BCUT2D eigenvalue weighted by Crippen LogP contribution is 2.36. The molecular weight excluding hydrogens is 398 g/mol. The number of aromatic nitrogens is 1. The number of likely N-dealkylation sites (tertiary alicyclic amines) is 2. The predicted molar refractivity (Wildman–Crippen MR) is 118 cm³/mol. The Morgan fingerprint density at radius 3 is 2.63 bits per heavy atom. The number of fused-ring (bicyclic) bond motifs is 1. The minimum absolute atomic E-state index is 0.132. The molecule has 0 radical (unpaired) electrons. The van der Waals surface area contributed by atoms with Crippen molar-refractivity contribution in [1.29, 1.82) is 0 Å². The third-order valence-corrected chi connectivity index (χ3v) is 7.88. The maximum Gasteiger partial charge on any atom is 0.222 e. The van der Waals surface area contributed by atoms with Gasteiger partial charge in [-0.25, -0.2) is 4.98 Å². The van der Waals surface area contributed by atoms with E-state index in [1.165, 1.54) is 4.70 Å². The largest absolute Gasteiger partial charge is 0.396 e. The van der Waals surface area contributed by atoms with E-state index < -0.39 is 0 Å². The van der Waals surface area contributed by atoms with Gasteiger partial charge in [0.2, 0.25) is 11.8 Å². The van der Waals surface area contributed by atoms with Gasteiger partial charge in [-0.1, -0.05) is 12.1 Å². The van der Waals surface area contributed by atoms with E-state index in [4.69, 9.17) is 0 Å². The highest BCUT2D eigenvalue weighted by Gasteiger charge is 2.40. The number of para-hydroxylation sites is 1. The first-order valence-electron chi connectivity index (χ1n) is 11.0. The number of rotatable bonds is 6. The molecule has 0 spiro atoms. The summed E-state index contributed by atoms with van der Waals surface area (Å²) in [5, 5.41) is 11.0. The van der Waals surface area contributed by atoms with Crippen molar-refractivity contribution in [2.45, 2.75) is 39.0 Å². The number of hydrogen-bond acceptors (Lipinski definition) is 5. The van der Waals surface area contributed by atoms with Crippen molar-refractivity contribution in [2.75, 3.05) is 32.8 Å². The maximum absolute atomic E-state index is 12.8. The number of aryl methyl sites for hydroxylation is 1. The van der Waals surface area contributed by atoms with E-state index in [2.05, 4.69) is 11.1 Å². The molecule has 2 fully saturated rings. The van der Waals surface area contributed by atoms with E-state index in [1.807, 2.05) is 28.0 Å². The van der Waals surface area contributed by atoms with Crippen LogP contribution in [0, 0.1) is 17.8 Å². The maximum atomic E-state index is 12.8. The predicted octanol–water partition coefficient (Wildman–Crippen LogP) is 2.94. The zero-order valence-electron chi connectivity index (χ0n) is 17.6. The van der Waals surface area contributed by atoms with Crippen molar-refractivity contribution in [3.8, 4) is 0 Å². The van der Waals surface area contributed by atoms with Crippen LogP contribution in [-0.4, -0.2) is 64.5 Å². The minimum atomic E-state index is 0.132. The van der Waals surface area contributed by atoms with Crippen LogP contribution < -0.4 is 0 Å². The van der Waals surface area contributed by atoms with Gasteiger partial charge < -0.3 is 14.9 Å². The quantitative estimate of drug-likeness (QED) is 0.766. The van der Waals surface area contributed by atoms with Crippen LogP contribution in [0.5, 0.6) is 0 Å². The molecule has 2 aliphatic heterocycles. The molecule has 7 heteroatoms. The number of thiazole rings is 1. The number of carbonyl (C=O) groups excluding carboxylic acids is 2. The summed E-state index contributed by atoms with van der Waals surface area (Å²) in [6.07, 6.45) is 4.11. The van der Waals surface area contributed by atoms with Crippen LogP contribution >= 0.6 is 11.3 Å². The fourth-order valence-corrected chi connectivity index (χ4v) is 6.05. The van der Waals surface area contributed by atoms with Gasteiger partial charge in [0.15, 0.2) is 0 Å². The van der Waals surface area contributed by atoms with Gasteiger partial charge in [0.1, 0.15) is 0 Å². The molecule has 0 unspecified atom stereocenters. The Kier molecular flexibility index (Phi) is 6.68. The molecule has 2 saturated heterocycles. The van der Waals surface area contributed by atoms with Gasteiger partial charge in [-0.2, -0.15) is 0 Å². The molecule has 1 aromatic heterocycles. The monoisotopic (exact) mass is 429 g/mol. The topological polar surface area (TPSA) is 73.7 Å². The summed E-state index contributed by atoms with van der Waals surface area (Å²) in [4.78, 5) is 32.9. The standard InChI is InChI=1S/C23H31N3O3S/c1-16(28)25-11-9-17(10-12-25)19-14-26(13-18(19)15-27)23(29)8-4-7-22-24-20-5-2-3-6-21(20)30-22/h2-3,5-6,17-19,27H,4,7-15H2,1H3/t18-,19-/m0/s1. The van der Waals surface area contributed by atoms with Gasteiger partial charge >= 0.3 is 0 Å². The van der Waals surface area contributed by atoms with Gasteiger partial charge in [-0.15, -0.1) is 11.3 Å². The molecule has 162 valence electrons. The first-order valence-corrected chi connectivity index (χ1v) is 11.9. The van der Waals surface area contributed by atoms with Crippen molar-refractivity contribution in [3.63, 3.8) is 0 Å². The molecule has 6 nitrogen and oxygen atoms in total.